The molecule has 0 radical (unpaired) electrons. The van der Waals surface area contributed by atoms with Crippen LogP contribution < -0.4 is 5.32 Å². The van der Waals surface area contributed by atoms with Gasteiger partial charge in [0.25, 0.3) is 0 Å². The molecule has 5 heteroatoms. The summed E-state index contributed by atoms with van der Waals surface area (Å²) >= 11 is 2.36. The minimum atomic E-state index is 0.457. The first-order chi connectivity index (χ1) is 9.26. The molecule has 4 nitrogen and oxygen atoms in total. The molecule has 0 saturated carbocycles. The van der Waals surface area contributed by atoms with E-state index in [4.69, 9.17) is 14.7 Å². The molecule has 1 aromatic rings. The number of aryl methyl sites for hydroxylation is 1. The van der Waals surface area contributed by atoms with Crippen LogP contribution in [-0.2, 0) is 11.2 Å². The molecule has 106 valence electrons. The average molecular weight is 375 g/mol. The summed E-state index contributed by atoms with van der Waals surface area (Å²) in [4.78, 5) is 9.56. The van der Waals surface area contributed by atoms with E-state index < -0.39 is 0 Å². The Morgan fingerprint density at radius 2 is 2.00 bits per heavy atom. The molecule has 0 unspecified atom stereocenters. The fraction of sp³-hybridized carbons (Fsp3) is 0.714. The van der Waals surface area contributed by atoms with Crippen molar-refractivity contribution in [2.75, 3.05) is 25.1 Å². The van der Waals surface area contributed by atoms with Gasteiger partial charge in [0.05, 0.1) is 9.26 Å². The number of rotatable bonds is 5. The van der Waals surface area contributed by atoms with E-state index in [1.807, 2.05) is 0 Å². The second-order valence-electron chi connectivity index (χ2n) is 4.86. The highest BCUT2D eigenvalue weighted by molar-refractivity contribution is 14.1. The van der Waals surface area contributed by atoms with Gasteiger partial charge in [-0.3, -0.25) is 0 Å². The zero-order chi connectivity index (χ0) is 13.7. The molecular weight excluding hydrogens is 353 g/mol. The summed E-state index contributed by atoms with van der Waals surface area (Å²) in [5.41, 5.74) is 1.19. The van der Waals surface area contributed by atoms with Gasteiger partial charge in [0.15, 0.2) is 0 Å². The number of nitrogens with one attached hydrogen (secondary N) is 1. The average Bonchev–Trinajstić information content (AvgIpc) is 2.44. The number of aromatic nitrogens is 2. The standard InChI is InChI=1S/C14H22IN3O/c1-3-5-11-12(15)14(16-4-2)18-13(17-11)10-6-8-19-9-7-10/h10H,3-9H2,1-2H3,(H,16,17,18). The Hall–Kier alpha value is -0.430. The molecule has 2 rings (SSSR count). The molecule has 0 spiro atoms. The molecule has 0 aliphatic carbocycles. The molecule has 1 N–H and O–H groups in total. The maximum atomic E-state index is 5.43. The van der Waals surface area contributed by atoms with Crippen LogP contribution in [0.25, 0.3) is 0 Å². The molecule has 0 atom stereocenters. The molecule has 1 fully saturated rings. The summed E-state index contributed by atoms with van der Waals surface area (Å²) in [6, 6.07) is 0. The lowest BCUT2D eigenvalue weighted by Crippen LogP contribution is -2.18. The van der Waals surface area contributed by atoms with Crippen LogP contribution >= 0.6 is 22.6 Å². The van der Waals surface area contributed by atoms with Gasteiger partial charge in [0.1, 0.15) is 11.6 Å². The van der Waals surface area contributed by atoms with Gasteiger partial charge in [-0.2, -0.15) is 0 Å². The molecule has 1 aromatic heterocycles. The van der Waals surface area contributed by atoms with E-state index in [-0.39, 0.29) is 0 Å². The summed E-state index contributed by atoms with van der Waals surface area (Å²) in [6.45, 7) is 6.86. The number of ether oxygens (including phenoxy) is 1. The monoisotopic (exact) mass is 375 g/mol. The van der Waals surface area contributed by atoms with E-state index in [0.29, 0.717) is 5.92 Å². The molecule has 0 bridgehead atoms. The zero-order valence-electron chi connectivity index (χ0n) is 11.7. The van der Waals surface area contributed by atoms with Crippen molar-refractivity contribution >= 4 is 28.4 Å². The van der Waals surface area contributed by atoms with Crippen LogP contribution in [-0.4, -0.2) is 29.7 Å². The first-order valence-corrected chi connectivity index (χ1v) is 8.22. The van der Waals surface area contributed by atoms with Crippen LogP contribution in [0.4, 0.5) is 5.82 Å². The maximum absolute atomic E-state index is 5.43. The van der Waals surface area contributed by atoms with Crippen molar-refractivity contribution in [3.05, 3.63) is 15.1 Å². The van der Waals surface area contributed by atoms with Crippen LogP contribution in [0.5, 0.6) is 0 Å². The quantitative estimate of drug-likeness (QED) is 0.802. The van der Waals surface area contributed by atoms with Gasteiger partial charge in [-0.05, 0) is 48.8 Å². The lowest BCUT2D eigenvalue weighted by molar-refractivity contribution is 0.0835. The SMILES string of the molecule is CCCc1nc(C2CCOCC2)nc(NCC)c1I. The fourth-order valence-corrected chi connectivity index (χ4v) is 3.04. The summed E-state index contributed by atoms with van der Waals surface area (Å²) in [5, 5.41) is 3.36. The van der Waals surface area contributed by atoms with Crippen molar-refractivity contribution in [1.29, 1.82) is 0 Å². The van der Waals surface area contributed by atoms with Crippen molar-refractivity contribution in [3.63, 3.8) is 0 Å². The Morgan fingerprint density at radius 1 is 1.26 bits per heavy atom. The third-order valence-corrected chi connectivity index (χ3v) is 4.49. The second-order valence-corrected chi connectivity index (χ2v) is 5.94. The topological polar surface area (TPSA) is 47.0 Å². The summed E-state index contributed by atoms with van der Waals surface area (Å²) < 4.78 is 6.61. The smallest absolute Gasteiger partial charge is 0.143 e. The van der Waals surface area contributed by atoms with Crippen LogP contribution in [0.1, 0.15) is 50.5 Å². The van der Waals surface area contributed by atoms with E-state index >= 15 is 0 Å². The normalized spacial score (nSPS) is 16.6. The highest BCUT2D eigenvalue weighted by Gasteiger charge is 2.21. The summed E-state index contributed by atoms with van der Waals surface area (Å²) in [7, 11) is 0. The van der Waals surface area contributed by atoms with Crippen LogP contribution in [0, 0.1) is 3.57 Å². The van der Waals surface area contributed by atoms with Gasteiger partial charge < -0.3 is 10.1 Å². The summed E-state index contributed by atoms with van der Waals surface area (Å²) in [6.07, 6.45) is 4.22. The van der Waals surface area contributed by atoms with Crippen molar-refractivity contribution in [3.8, 4) is 0 Å². The predicted molar refractivity (Wildman–Crippen MR) is 85.7 cm³/mol. The highest BCUT2D eigenvalue weighted by Crippen LogP contribution is 2.28. The Labute approximate surface area is 128 Å². The van der Waals surface area contributed by atoms with Crippen molar-refractivity contribution in [1.82, 2.24) is 9.97 Å². The molecular formula is C14H22IN3O. The second kappa shape index (κ2) is 7.38. The van der Waals surface area contributed by atoms with Crippen molar-refractivity contribution < 1.29 is 4.74 Å². The van der Waals surface area contributed by atoms with Crippen LogP contribution in [0.3, 0.4) is 0 Å². The number of hydrogen-bond donors (Lipinski definition) is 1. The van der Waals surface area contributed by atoms with Crippen LogP contribution in [0.15, 0.2) is 0 Å². The van der Waals surface area contributed by atoms with Crippen molar-refractivity contribution in [2.24, 2.45) is 0 Å². The van der Waals surface area contributed by atoms with E-state index in [0.717, 1.165) is 57.1 Å². The van der Waals surface area contributed by atoms with E-state index in [1.54, 1.807) is 0 Å². The molecule has 1 aliphatic heterocycles. The first-order valence-electron chi connectivity index (χ1n) is 7.14. The lowest BCUT2D eigenvalue weighted by atomic mass is 9.99. The molecule has 1 saturated heterocycles. The van der Waals surface area contributed by atoms with Gasteiger partial charge in [-0.1, -0.05) is 13.3 Å². The largest absolute Gasteiger partial charge is 0.381 e. The van der Waals surface area contributed by atoms with Gasteiger partial charge in [-0.25, -0.2) is 9.97 Å². The number of halogens is 1. The van der Waals surface area contributed by atoms with E-state index in [1.165, 1.54) is 9.26 Å². The van der Waals surface area contributed by atoms with Gasteiger partial charge >= 0.3 is 0 Å². The van der Waals surface area contributed by atoms with Crippen LogP contribution in [0.2, 0.25) is 0 Å². The highest BCUT2D eigenvalue weighted by atomic mass is 127. The molecule has 19 heavy (non-hydrogen) atoms. The Morgan fingerprint density at radius 3 is 2.63 bits per heavy atom. The fourth-order valence-electron chi connectivity index (χ4n) is 2.34. The van der Waals surface area contributed by atoms with E-state index in [2.05, 4.69) is 41.8 Å². The lowest BCUT2D eigenvalue weighted by Gasteiger charge is -2.22. The number of hydrogen-bond acceptors (Lipinski definition) is 4. The maximum Gasteiger partial charge on any atom is 0.143 e. The molecule has 2 heterocycles. The van der Waals surface area contributed by atoms with Crippen molar-refractivity contribution in [2.45, 2.75) is 45.4 Å². The Kier molecular flexibility index (Phi) is 5.81. The predicted octanol–water partition coefficient (Wildman–Crippen LogP) is 3.36. The third-order valence-electron chi connectivity index (χ3n) is 3.35. The minimum Gasteiger partial charge on any atom is -0.381 e. The first kappa shape index (κ1) is 15.0. The summed E-state index contributed by atoms with van der Waals surface area (Å²) in [5.74, 6) is 2.46. The number of nitrogens with zero attached hydrogens (tertiary/aromatic N) is 2. The Balaban J connectivity index is 2.30. The van der Waals surface area contributed by atoms with E-state index in [9.17, 15) is 0 Å². The minimum absolute atomic E-state index is 0.457. The van der Waals surface area contributed by atoms with Gasteiger partial charge in [-0.15, -0.1) is 0 Å². The van der Waals surface area contributed by atoms with Gasteiger partial charge in [0.2, 0.25) is 0 Å². The molecule has 0 aromatic carbocycles. The number of anilines is 1. The Bertz CT molecular complexity index is 392. The van der Waals surface area contributed by atoms with Gasteiger partial charge in [0, 0.05) is 25.7 Å². The zero-order valence-corrected chi connectivity index (χ0v) is 13.9. The third kappa shape index (κ3) is 3.78. The molecule has 1 aliphatic rings. The molecule has 0 amide bonds.